The van der Waals surface area contributed by atoms with Gasteiger partial charge in [-0.05, 0) is 17.6 Å². The van der Waals surface area contributed by atoms with Gasteiger partial charge in [0.2, 0.25) is 0 Å². The third-order valence-corrected chi connectivity index (χ3v) is 3.46. The third-order valence-electron chi connectivity index (χ3n) is 2.74. The number of hydrogen-bond acceptors (Lipinski definition) is 5. The van der Waals surface area contributed by atoms with Crippen LogP contribution in [0.5, 0.6) is 0 Å². The van der Waals surface area contributed by atoms with E-state index in [1.54, 1.807) is 0 Å². The van der Waals surface area contributed by atoms with Crippen LogP contribution in [0, 0.1) is 11.6 Å². The van der Waals surface area contributed by atoms with Gasteiger partial charge >= 0.3 is 0 Å². The highest BCUT2D eigenvalue weighted by Gasteiger charge is 2.26. The average molecular weight is 312 g/mol. The fourth-order valence-electron chi connectivity index (χ4n) is 1.67. The lowest BCUT2D eigenvalue weighted by molar-refractivity contribution is 0.102. The van der Waals surface area contributed by atoms with Crippen LogP contribution in [0.4, 0.5) is 20.2 Å². The van der Waals surface area contributed by atoms with Crippen molar-refractivity contribution in [2.24, 2.45) is 0 Å². The molecule has 0 saturated carbocycles. The van der Waals surface area contributed by atoms with E-state index >= 15 is 0 Å². The van der Waals surface area contributed by atoms with Crippen molar-refractivity contribution in [1.82, 2.24) is 9.59 Å². The van der Waals surface area contributed by atoms with Crippen molar-refractivity contribution in [3.63, 3.8) is 0 Å². The van der Waals surface area contributed by atoms with Crippen LogP contribution in [0.25, 0.3) is 0 Å². The molecule has 0 aliphatic heterocycles. The third kappa shape index (κ3) is 3.15. The molecule has 0 spiro atoms. The molecule has 112 valence electrons. The summed E-state index contributed by atoms with van der Waals surface area (Å²) < 4.78 is 30.5. The Morgan fingerprint density at radius 3 is 2.57 bits per heavy atom. The van der Waals surface area contributed by atoms with Gasteiger partial charge in [-0.15, -0.1) is 5.10 Å². The lowest BCUT2D eigenvalue weighted by Gasteiger charge is -2.16. The molecule has 0 aliphatic carbocycles. The van der Waals surface area contributed by atoms with Gasteiger partial charge in [-0.1, -0.05) is 25.3 Å². The monoisotopic (exact) mass is 312 g/mol. The van der Waals surface area contributed by atoms with E-state index in [9.17, 15) is 13.6 Å². The molecule has 0 unspecified atom stereocenters. The molecule has 0 bridgehead atoms. The Morgan fingerprint density at radius 1 is 1.29 bits per heavy atom. The summed E-state index contributed by atoms with van der Waals surface area (Å²) >= 11 is 0.916. The first-order valence-corrected chi connectivity index (χ1v) is 6.86. The molecular weight excluding hydrogens is 298 g/mol. The van der Waals surface area contributed by atoms with E-state index in [-0.39, 0.29) is 21.7 Å². The summed E-state index contributed by atoms with van der Waals surface area (Å²) in [6.45, 7) is 5.66. The lowest BCUT2D eigenvalue weighted by Crippen LogP contribution is -2.20. The smallest absolute Gasteiger partial charge is 0.269 e. The second-order valence-corrected chi connectivity index (χ2v) is 6.26. The van der Waals surface area contributed by atoms with Crippen molar-refractivity contribution in [1.29, 1.82) is 0 Å². The minimum absolute atomic E-state index is 0.188. The Hall–Kier alpha value is -2.09. The van der Waals surface area contributed by atoms with Crippen molar-refractivity contribution in [2.75, 3.05) is 11.1 Å². The molecule has 0 atom stereocenters. The van der Waals surface area contributed by atoms with E-state index in [0.717, 1.165) is 17.6 Å². The van der Waals surface area contributed by atoms with Gasteiger partial charge in [0.15, 0.2) is 0 Å². The maximum absolute atomic E-state index is 13.6. The number of carbonyl (C=O) groups is 1. The summed E-state index contributed by atoms with van der Waals surface area (Å²) in [4.78, 5) is 12.5. The van der Waals surface area contributed by atoms with Gasteiger partial charge in [-0.25, -0.2) is 8.78 Å². The van der Waals surface area contributed by atoms with Crippen molar-refractivity contribution < 1.29 is 13.6 Å². The molecule has 1 aromatic heterocycles. The summed E-state index contributed by atoms with van der Waals surface area (Å²) in [7, 11) is 0. The zero-order valence-electron chi connectivity index (χ0n) is 11.7. The summed E-state index contributed by atoms with van der Waals surface area (Å²) in [5.41, 5.74) is 5.07. The minimum Gasteiger partial charge on any atom is -0.396 e. The highest BCUT2D eigenvalue weighted by atomic mass is 32.1. The van der Waals surface area contributed by atoms with Gasteiger partial charge < -0.3 is 11.1 Å². The fraction of sp³-hybridized carbons (Fsp3) is 0.308. The highest BCUT2D eigenvalue weighted by Crippen LogP contribution is 2.27. The van der Waals surface area contributed by atoms with E-state index in [4.69, 9.17) is 5.73 Å². The molecule has 8 heteroatoms. The van der Waals surface area contributed by atoms with E-state index in [0.29, 0.717) is 11.8 Å². The predicted molar refractivity (Wildman–Crippen MR) is 77.3 cm³/mol. The SMILES string of the molecule is CC(C)(C)c1nnsc1C(=O)Nc1cc(N)c(F)cc1F. The van der Waals surface area contributed by atoms with Gasteiger partial charge in [0, 0.05) is 11.5 Å². The first kappa shape index (κ1) is 15.3. The number of halogens is 2. The first-order chi connectivity index (χ1) is 9.70. The number of carbonyl (C=O) groups excluding carboxylic acids is 1. The van der Waals surface area contributed by atoms with Gasteiger partial charge in [-0.3, -0.25) is 4.79 Å². The zero-order chi connectivity index (χ0) is 15.8. The van der Waals surface area contributed by atoms with Crippen LogP contribution < -0.4 is 11.1 Å². The summed E-state index contributed by atoms with van der Waals surface area (Å²) in [6.07, 6.45) is 0. The number of nitrogens with zero attached hydrogens (tertiary/aromatic N) is 2. The van der Waals surface area contributed by atoms with Crippen LogP contribution in [0.3, 0.4) is 0 Å². The molecule has 0 aliphatic rings. The van der Waals surface area contributed by atoms with Crippen LogP contribution in [-0.2, 0) is 5.41 Å². The van der Waals surface area contributed by atoms with Crippen molar-refractivity contribution >= 4 is 28.8 Å². The lowest BCUT2D eigenvalue weighted by atomic mass is 9.91. The first-order valence-electron chi connectivity index (χ1n) is 6.09. The predicted octanol–water partition coefficient (Wildman–Crippen LogP) is 2.95. The number of benzene rings is 1. The quantitative estimate of drug-likeness (QED) is 0.835. The normalized spacial score (nSPS) is 11.5. The number of aromatic nitrogens is 2. The number of nitrogens with two attached hydrogens (primary N) is 1. The molecule has 1 aromatic carbocycles. The van der Waals surface area contributed by atoms with Gasteiger partial charge in [0.05, 0.1) is 17.1 Å². The van der Waals surface area contributed by atoms with Crippen LogP contribution in [0.15, 0.2) is 12.1 Å². The Kier molecular flexibility index (Phi) is 3.91. The van der Waals surface area contributed by atoms with Crippen LogP contribution >= 0.6 is 11.5 Å². The molecular formula is C13H14F2N4OS. The molecule has 1 amide bonds. The second-order valence-electron chi connectivity index (χ2n) is 5.51. The maximum atomic E-state index is 13.6. The molecule has 21 heavy (non-hydrogen) atoms. The van der Waals surface area contributed by atoms with E-state index in [2.05, 4.69) is 14.9 Å². The standard InChI is InChI=1S/C13H14F2N4OS/c1-13(2,3)11-10(21-19-18-11)12(20)17-9-5-8(16)6(14)4-7(9)15/h4-5H,16H2,1-3H3,(H,17,20). The molecule has 2 aromatic rings. The van der Waals surface area contributed by atoms with E-state index in [1.807, 2.05) is 20.8 Å². The Morgan fingerprint density at radius 2 is 1.95 bits per heavy atom. The summed E-state index contributed by atoms with van der Waals surface area (Å²) in [6, 6.07) is 1.66. The molecule has 2 rings (SSSR count). The Bertz CT molecular complexity index is 694. The van der Waals surface area contributed by atoms with E-state index in [1.165, 1.54) is 0 Å². The van der Waals surface area contributed by atoms with Gasteiger partial charge in [0.25, 0.3) is 5.91 Å². The number of rotatable bonds is 2. The van der Waals surface area contributed by atoms with Gasteiger partial charge in [-0.2, -0.15) is 0 Å². The van der Waals surface area contributed by atoms with Crippen LogP contribution in [-0.4, -0.2) is 15.5 Å². The van der Waals surface area contributed by atoms with Gasteiger partial charge in [0.1, 0.15) is 16.5 Å². The van der Waals surface area contributed by atoms with Crippen LogP contribution in [0.2, 0.25) is 0 Å². The largest absolute Gasteiger partial charge is 0.396 e. The maximum Gasteiger partial charge on any atom is 0.269 e. The number of amides is 1. The topological polar surface area (TPSA) is 80.9 Å². The molecule has 0 saturated heterocycles. The Labute approximate surface area is 124 Å². The zero-order valence-corrected chi connectivity index (χ0v) is 12.5. The molecule has 1 heterocycles. The molecule has 5 nitrogen and oxygen atoms in total. The average Bonchev–Trinajstić information content (AvgIpc) is 2.85. The van der Waals surface area contributed by atoms with Crippen molar-refractivity contribution in [2.45, 2.75) is 26.2 Å². The highest BCUT2D eigenvalue weighted by molar-refractivity contribution is 7.08. The fourth-order valence-corrected chi connectivity index (χ4v) is 2.44. The van der Waals surface area contributed by atoms with Crippen molar-refractivity contribution in [3.8, 4) is 0 Å². The number of hydrogen-bond donors (Lipinski definition) is 2. The Balaban J connectivity index is 2.31. The molecule has 3 N–H and O–H groups in total. The van der Waals surface area contributed by atoms with Crippen molar-refractivity contribution in [3.05, 3.63) is 34.3 Å². The van der Waals surface area contributed by atoms with Crippen LogP contribution in [0.1, 0.15) is 36.1 Å². The minimum atomic E-state index is -0.898. The number of nitrogen functional groups attached to an aromatic ring is 1. The number of anilines is 2. The van der Waals surface area contributed by atoms with E-state index < -0.39 is 17.5 Å². The summed E-state index contributed by atoms with van der Waals surface area (Å²) in [5, 5.41) is 6.30. The molecule has 0 fully saturated rings. The number of nitrogens with one attached hydrogen (secondary N) is 1. The summed E-state index contributed by atoms with van der Waals surface area (Å²) in [5.74, 6) is -2.33. The molecule has 0 radical (unpaired) electrons. The second kappa shape index (κ2) is 5.36.